The summed E-state index contributed by atoms with van der Waals surface area (Å²) in [6, 6.07) is 0.556. The lowest BCUT2D eigenvalue weighted by atomic mass is 10.0. The van der Waals surface area contributed by atoms with Crippen LogP contribution in [0.5, 0.6) is 0 Å². The molecule has 0 fully saturated rings. The van der Waals surface area contributed by atoms with E-state index in [1.807, 2.05) is 13.2 Å². The van der Waals surface area contributed by atoms with Crippen molar-refractivity contribution in [1.29, 1.82) is 0 Å². The Kier molecular flexibility index (Phi) is 5.46. The second kappa shape index (κ2) is 6.63. The van der Waals surface area contributed by atoms with Crippen LogP contribution >= 0.6 is 0 Å². The molecule has 0 amide bonds. The highest BCUT2D eigenvalue weighted by atomic mass is 15.4. The smallest absolute Gasteiger partial charge is 0.0964 e. The van der Waals surface area contributed by atoms with Gasteiger partial charge in [0.1, 0.15) is 0 Å². The van der Waals surface area contributed by atoms with Crippen molar-refractivity contribution in [3.8, 4) is 0 Å². The molecule has 0 saturated heterocycles. The van der Waals surface area contributed by atoms with Gasteiger partial charge in [0.05, 0.1) is 5.69 Å². The summed E-state index contributed by atoms with van der Waals surface area (Å²) in [6.45, 7) is 7.60. The van der Waals surface area contributed by atoms with Crippen LogP contribution < -0.4 is 5.32 Å². The van der Waals surface area contributed by atoms with Crippen molar-refractivity contribution in [3.63, 3.8) is 0 Å². The zero-order chi connectivity index (χ0) is 12.0. The lowest BCUT2D eigenvalue weighted by Crippen LogP contribution is -2.25. The number of nitrogens with zero attached hydrogens (tertiary/aromatic N) is 3. The molecule has 1 rings (SSSR count). The molecule has 0 aliphatic rings. The SMILES string of the molecule is CC(C)CCCC(C)NCc1cn(C)nn1. The van der Waals surface area contributed by atoms with Gasteiger partial charge in [-0.3, -0.25) is 4.68 Å². The monoisotopic (exact) mass is 224 g/mol. The van der Waals surface area contributed by atoms with E-state index in [0.717, 1.165) is 18.2 Å². The van der Waals surface area contributed by atoms with E-state index in [0.29, 0.717) is 6.04 Å². The summed E-state index contributed by atoms with van der Waals surface area (Å²) < 4.78 is 1.74. The molecule has 0 spiro atoms. The summed E-state index contributed by atoms with van der Waals surface area (Å²) in [5, 5.41) is 11.4. The Bertz CT molecular complexity index is 293. The van der Waals surface area contributed by atoms with E-state index in [9.17, 15) is 0 Å². The maximum Gasteiger partial charge on any atom is 0.0964 e. The number of hydrogen-bond donors (Lipinski definition) is 1. The van der Waals surface area contributed by atoms with E-state index in [-0.39, 0.29) is 0 Å². The largest absolute Gasteiger partial charge is 0.309 e. The molecule has 0 aliphatic heterocycles. The van der Waals surface area contributed by atoms with Crippen LogP contribution in [0.25, 0.3) is 0 Å². The highest BCUT2D eigenvalue weighted by molar-refractivity contribution is 4.91. The lowest BCUT2D eigenvalue weighted by Gasteiger charge is -2.13. The third-order valence-corrected chi connectivity index (χ3v) is 2.70. The Morgan fingerprint density at radius 2 is 2.06 bits per heavy atom. The van der Waals surface area contributed by atoms with Crippen LogP contribution in [0.2, 0.25) is 0 Å². The van der Waals surface area contributed by atoms with Gasteiger partial charge in [0.25, 0.3) is 0 Å². The molecule has 4 nitrogen and oxygen atoms in total. The van der Waals surface area contributed by atoms with E-state index >= 15 is 0 Å². The Balaban J connectivity index is 2.12. The van der Waals surface area contributed by atoms with Crippen LogP contribution in [0.1, 0.15) is 45.7 Å². The zero-order valence-electron chi connectivity index (χ0n) is 10.9. The molecule has 0 aromatic carbocycles. The molecular formula is C12H24N4. The molecule has 0 saturated carbocycles. The third kappa shape index (κ3) is 5.26. The van der Waals surface area contributed by atoms with Crippen LogP contribution in [0.3, 0.4) is 0 Å². The van der Waals surface area contributed by atoms with Gasteiger partial charge in [-0.25, -0.2) is 0 Å². The van der Waals surface area contributed by atoms with Crippen molar-refractivity contribution in [2.75, 3.05) is 0 Å². The fraction of sp³-hybridized carbons (Fsp3) is 0.833. The fourth-order valence-corrected chi connectivity index (χ4v) is 1.69. The van der Waals surface area contributed by atoms with Gasteiger partial charge in [-0.15, -0.1) is 5.10 Å². The molecule has 92 valence electrons. The molecule has 1 aromatic rings. The highest BCUT2D eigenvalue weighted by Gasteiger charge is 2.04. The van der Waals surface area contributed by atoms with Gasteiger partial charge >= 0.3 is 0 Å². The van der Waals surface area contributed by atoms with Gasteiger partial charge in [0, 0.05) is 25.8 Å². The van der Waals surface area contributed by atoms with Gasteiger partial charge in [-0.05, 0) is 19.3 Å². The van der Waals surface area contributed by atoms with Crippen molar-refractivity contribution >= 4 is 0 Å². The predicted molar refractivity (Wildman–Crippen MR) is 66.0 cm³/mol. The molecule has 0 radical (unpaired) electrons. The summed E-state index contributed by atoms with van der Waals surface area (Å²) in [4.78, 5) is 0. The molecule has 4 heteroatoms. The van der Waals surface area contributed by atoms with Gasteiger partial charge in [0.2, 0.25) is 0 Å². The Morgan fingerprint density at radius 3 is 2.62 bits per heavy atom. The third-order valence-electron chi connectivity index (χ3n) is 2.70. The van der Waals surface area contributed by atoms with E-state index in [2.05, 4.69) is 36.4 Å². The topological polar surface area (TPSA) is 42.7 Å². The van der Waals surface area contributed by atoms with Gasteiger partial charge < -0.3 is 5.32 Å². The van der Waals surface area contributed by atoms with E-state index in [4.69, 9.17) is 0 Å². The minimum Gasteiger partial charge on any atom is -0.309 e. The van der Waals surface area contributed by atoms with Crippen molar-refractivity contribution in [1.82, 2.24) is 20.3 Å². The van der Waals surface area contributed by atoms with Crippen LogP contribution in [0, 0.1) is 5.92 Å². The molecule has 1 N–H and O–H groups in total. The zero-order valence-corrected chi connectivity index (χ0v) is 10.9. The van der Waals surface area contributed by atoms with E-state index < -0.39 is 0 Å². The molecule has 1 unspecified atom stereocenters. The summed E-state index contributed by atoms with van der Waals surface area (Å²) in [5.41, 5.74) is 1.01. The minimum absolute atomic E-state index is 0.556. The van der Waals surface area contributed by atoms with Crippen molar-refractivity contribution < 1.29 is 0 Å². The number of aromatic nitrogens is 3. The first kappa shape index (κ1) is 13.2. The second-order valence-corrected chi connectivity index (χ2v) is 4.99. The van der Waals surface area contributed by atoms with Gasteiger partial charge in [0.15, 0.2) is 0 Å². The summed E-state index contributed by atoms with van der Waals surface area (Å²) in [6.07, 6.45) is 5.80. The number of nitrogens with one attached hydrogen (secondary N) is 1. The number of rotatable bonds is 7. The highest BCUT2D eigenvalue weighted by Crippen LogP contribution is 2.08. The molecular weight excluding hydrogens is 200 g/mol. The summed E-state index contributed by atoms with van der Waals surface area (Å²) in [5.74, 6) is 0.812. The standard InChI is InChI=1S/C12H24N4/c1-10(2)6-5-7-11(3)13-8-12-9-16(4)15-14-12/h9-11,13H,5-8H2,1-4H3. The predicted octanol–water partition coefficient (Wildman–Crippen LogP) is 2.12. The number of hydrogen-bond acceptors (Lipinski definition) is 3. The van der Waals surface area contributed by atoms with Gasteiger partial charge in [-0.1, -0.05) is 31.9 Å². The quantitative estimate of drug-likeness (QED) is 0.771. The molecule has 1 aromatic heterocycles. The molecule has 0 aliphatic carbocycles. The molecule has 0 bridgehead atoms. The maximum absolute atomic E-state index is 4.05. The summed E-state index contributed by atoms with van der Waals surface area (Å²) in [7, 11) is 1.89. The molecule has 16 heavy (non-hydrogen) atoms. The molecule has 1 atom stereocenters. The lowest BCUT2D eigenvalue weighted by molar-refractivity contribution is 0.455. The maximum atomic E-state index is 4.05. The molecule has 1 heterocycles. The van der Waals surface area contributed by atoms with Crippen LogP contribution in [-0.2, 0) is 13.6 Å². The Morgan fingerprint density at radius 1 is 1.31 bits per heavy atom. The van der Waals surface area contributed by atoms with Crippen LogP contribution in [0.15, 0.2) is 6.20 Å². The first-order valence-corrected chi connectivity index (χ1v) is 6.16. The average Bonchev–Trinajstić information content (AvgIpc) is 2.61. The van der Waals surface area contributed by atoms with E-state index in [1.165, 1.54) is 19.3 Å². The normalized spacial score (nSPS) is 13.3. The van der Waals surface area contributed by atoms with Crippen molar-refractivity contribution in [2.45, 2.75) is 52.6 Å². The minimum atomic E-state index is 0.556. The van der Waals surface area contributed by atoms with Crippen LogP contribution in [-0.4, -0.2) is 21.0 Å². The van der Waals surface area contributed by atoms with Crippen molar-refractivity contribution in [3.05, 3.63) is 11.9 Å². The Hall–Kier alpha value is -0.900. The van der Waals surface area contributed by atoms with Gasteiger partial charge in [-0.2, -0.15) is 0 Å². The first-order chi connectivity index (χ1) is 7.58. The summed E-state index contributed by atoms with van der Waals surface area (Å²) >= 11 is 0. The Labute approximate surface area is 98.4 Å². The van der Waals surface area contributed by atoms with E-state index in [1.54, 1.807) is 4.68 Å². The van der Waals surface area contributed by atoms with Crippen molar-refractivity contribution in [2.24, 2.45) is 13.0 Å². The fourth-order valence-electron chi connectivity index (χ4n) is 1.69. The average molecular weight is 224 g/mol. The first-order valence-electron chi connectivity index (χ1n) is 6.16. The second-order valence-electron chi connectivity index (χ2n) is 4.99. The number of aryl methyl sites for hydroxylation is 1. The van der Waals surface area contributed by atoms with Crippen LogP contribution in [0.4, 0.5) is 0 Å².